The Labute approximate surface area is 142 Å². The van der Waals surface area contributed by atoms with Crippen molar-refractivity contribution in [1.82, 2.24) is 19.9 Å². The van der Waals surface area contributed by atoms with Crippen molar-refractivity contribution >= 4 is 27.4 Å². The fourth-order valence-corrected chi connectivity index (χ4v) is 3.75. The number of nitrogens with one attached hydrogen (secondary N) is 2. The molecule has 0 bridgehead atoms. The molecular formula is C16H17N5O2S. The van der Waals surface area contributed by atoms with Crippen molar-refractivity contribution in [3.63, 3.8) is 0 Å². The Morgan fingerprint density at radius 2 is 2.29 bits per heavy atom. The van der Waals surface area contributed by atoms with Crippen LogP contribution in [0.4, 0.5) is 5.82 Å². The number of fused-ring (bicyclic) bond motifs is 1. The Bertz CT molecular complexity index is 916. The van der Waals surface area contributed by atoms with Gasteiger partial charge in [-0.05, 0) is 24.3 Å². The number of hydrogen-bond acceptors (Lipinski definition) is 7. The molecule has 0 spiro atoms. The summed E-state index contributed by atoms with van der Waals surface area (Å²) in [6.07, 6.45) is 3.45. The van der Waals surface area contributed by atoms with Crippen LogP contribution in [0, 0.1) is 0 Å². The first-order valence-corrected chi connectivity index (χ1v) is 8.64. The first-order valence-electron chi connectivity index (χ1n) is 7.76. The summed E-state index contributed by atoms with van der Waals surface area (Å²) in [5.41, 5.74) is 0.714. The molecule has 4 rings (SSSR count). The van der Waals surface area contributed by atoms with Gasteiger partial charge in [0.15, 0.2) is 0 Å². The predicted molar refractivity (Wildman–Crippen MR) is 92.4 cm³/mol. The summed E-state index contributed by atoms with van der Waals surface area (Å²) in [4.78, 5) is 28.5. The molecule has 0 aliphatic heterocycles. The van der Waals surface area contributed by atoms with Gasteiger partial charge in [0.1, 0.15) is 29.4 Å². The Kier molecular flexibility index (Phi) is 3.99. The van der Waals surface area contributed by atoms with Crippen LogP contribution in [0.3, 0.4) is 0 Å². The summed E-state index contributed by atoms with van der Waals surface area (Å²) in [6.45, 7) is 0.314. The minimum Gasteiger partial charge on any atom is -0.377 e. The molecule has 1 fully saturated rings. The van der Waals surface area contributed by atoms with Gasteiger partial charge in [-0.15, -0.1) is 11.3 Å². The third-order valence-corrected chi connectivity index (χ3v) is 5.07. The summed E-state index contributed by atoms with van der Waals surface area (Å²) in [6, 6.07) is 3.95. The van der Waals surface area contributed by atoms with Gasteiger partial charge in [0.05, 0.1) is 11.1 Å². The van der Waals surface area contributed by atoms with Crippen LogP contribution in [0.15, 0.2) is 28.6 Å². The lowest BCUT2D eigenvalue weighted by atomic mass is 9.78. The van der Waals surface area contributed by atoms with E-state index in [1.165, 1.54) is 0 Å². The third-order valence-electron chi connectivity index (χ3n) is 4.25. The maximum atomic E-state index is 11.7. The fraction of sp³-hybridized carbons (Fsp3) is 0.375. The molecular weight excluding hydrogens is 326 g/mol. The molecule has 0 saturated heterocycles. The minimum atomic E-state index is -0.126. The summed E-state index contributed by atoms with van der Waals surface area (Å²) < 4.78 is 5.04. The number of thiophene rings is 1. The van der Waals surface area contributed by atoms with Gasteiger partial charge < -0.3 is 15.0 Å². The second-order valence-corrected chi connectivity index (χ2v) is 6.82. The molecule has 24 heavy (non-hydrogen) atoms. The quantitative estimate of drug-likeness (QED) is 0.738. The molecule has 0 unspecified atom stereocenters. The minimum absolute atomic E-state index is 0.126. The van der Waals surface area contributed by atoms with Gasteiger partial charge in [0.2, 0.25) is 0 Å². The van der Waals surface area contributed by atoms with E-state index in [2.05, 4.69) is 25.3 Å². The highest BCUT2D eigenvalue weighted by Gasteiger charge is 2.32. The van der Waals surface area contributed by atoms with Crippen molar-refractivity contribution in [2.75, 3.05) is 12.4 Å². The van der Waals surface area contributed by atoms with E-state index in [4.69, 9.17) is 4.74 Å². The summed E-state index contributed by atoms with van der Waals surface area (Å²) in [5, 5.41) is 6.56. The summed E-state index contributed by atoms with van der Waals surface area (Å²) in [5.74, 6) is 1.75. The maximum Gasteiger partial charge on any atom is 0.251 e. The lowest BCUT2D eigenvalue weighted by molar-refractivity contribution is 0.177. The smallest absolute Gasteiger partial charge is 0.251 e. The van der Waals surface area contributed by atoms with E-state index >= 15 is 0 Å². The Morgan fingerprint density at radius 1 is 1.42 bits per heavy atom. The monoisotopic (exact) mass is 343 g/mol. The largest absolute Gasteiger partial charge is 0.377 e. The van der Waals surface area contributed by atoms with Gasteiger partial charge >= 0.3 is 0 Å². The topological polar surface area (TPSA) is 92.8 Å². The van der Waals surface area contributed by atoms with Crippen LogP contribution in [0.1, 0.15) is 30.3 Å². The molecule has 0 amide bonds. The zero-order chi connectivity index (χ0) is 16.5. The van der Waals surface area contributed by atoms with Crippen LogP contribution in [-0.2, 0) is 11.3 Å². The van der Waals surface area contributed by atoms with Crippen molar-refractivity contribution in [1.29, 1.82) is 0 Å². The van der Waals surface area contributed by atoms with E-state index < -0.39 is 0 Å². The molecule has 2 N–H and O–H groups in total. The standard InChI is InChI=1S/C16H17N5O2S/c1-23-7-13-20-12(6-14(22)21-13)9-4-10(5-9)19-15-11-2-3-24-16(11)18-8-17-15/h2-3,6,8-10H,4-5,7H2,1H3,(H,17,18,19)(H,20,21,22). The average Bonchev–Trinajstić information content (AvgIpc) is 2.99. The Morgan fingerprint density at radius 3 is 3.12 bits per heavy atom. The Hall–Kier alpha value is -2.32. The first kappa shape index (κ1) is 15.2. The van der Waals surface area contributed by atoms with Gasteiger partial charge in [0.25, 0.3) is 5.56 Å². The molecule has 1 aliphatic rings. The molecule has 0 radical (unpaired) electrons. The molecule has 124 valence electrons. The predicted octanol–water partition coefficient (Wildman–Crippen LogP) is 2.28. The van der Waals surface area contributed by atoms with E-state index in [1.807, 2.05) is 11.4 Å². The van der Waals surface area contributed by atoms with Gasteiger partial charge in [-0.1, -0.05) is 0 Å². The van der Waals surface area contributed by atoms with Crippen molar-refractivity contribution in [3.8, 4) is 0 Å². The van der Waals surface area contributed by atoms with Gasteiger partial charge in [-0.2, -0.15) is 0 Å². The van der Waals surface area contributed by atoms with E-state index in [0.29, 0.717) is 24.4 Å². The molecule has 3 heterocycles. The fourth-order valence-electron chi connectivity index (χ4n) is 3.02. The van der Waals surface area contributed by atoms with Crippen molar-refractivity contribution in [2.45, 2.75) is 31.4 Å². The molecule has 1 saturated carbocycles. The number of rotatable bonds is 5. The number of methoxy groups -OCH3 is 1. The molecule has 3 aromatic heterocycles. The zero-order valence-electron chi connectivity index (χ0n) is 13.2. The van der Waals surface area contributed by atoms with Gasteiger partial charge in [-0.3, -0.25) is 4.79 Å². The highest BCUT2D eigenvalue weighted by Crippen LogP contribution is 2.38. The lowest BCUT2D eigenvalue weighted by Gasteiger charge is -2.35. The third kappa shape index (κ3) is 2.90. The Balaban J connectivity index is 1.45. The highest BCUT2D eigenvalue weighted by molar-refractivity contribution is 7.16. The molecule has 3 aromatic rings. The molecule has 1 aliphatic carbocycles. The van der Waals surface area contributed by atoms with Gasteiger partial charge in [-0.25, -0.2) is 15.0 Å². The maximum absolute atomic E-state index is 11.7. The number of hydrogen-bond donors (Lipinski definition) is 2. The zero-order valence-corrected chi connectivity index (χ0v) is 14.0. The lowest BCUT2D eigenvalue weighted by Crippen LogP contribution is -2.35. The molecule has 8 heteroatoms. The van der Waals surface area contributed by atoms with Crippen molar-refractivity contribution in [2.24, 2.45) is 0 Å². The van der Waals surface area contributed by atoms with Crippen LogP contribution in [0.2, 0.25) is 0 Å². The van der Waals surface area contributed by atoms with E-state index in [1.54, 1.807) is 30.8 Å². The van der Waals surface area contributed by atoms with Crippen LogP contribution >= 0.6 is 11.3 Å². The van der Waals surface area contributed by atoms with Crippen LogP contribution in [0.5, 0.6) is 0 Å². The van der Waals surface area contributed by atoms with Crippen LogP contribution in [-0.4, -0.2) is 33.1 Å². The number of H-pyrrole nitrogens is 1. The normalized spacial score (nSPS) is 20.0. The second kappa shape index (κ2) is 6.29. The molecule has 7 nitrogen and oxygen atoms in total. The van der Waals surface area contributed by atoms with Crippen molar-refractivity contribution in [3.05, 3.63) is 45.7 Å². The molecule has 0 atom stereocenters. The van der Waals surface area contributed by atoms with Gasteiger partial charge in [0, 0.05) is 25.1 Å². The molecule has 0 aromatic carbocycles. The highest BCUT2D eigenvalue weighted by atomic mass is 32.1. The number of aromatic nitrogens is 4. The van der Waals surface area contributed by atoms with E-state index in [0.717, 1.165) is 34.6 Å². The summed E-state index contributed by atoms with van der Waals surface area (Å²) in [7, 11) is 1.59. The number of aromatic amines is 1. The SMILES string of the molecule is COCc1nc(C2CC(Nc3ncnc4sccc34)C2)cc(=O)[nH]1. The van der Waals surface area contributed by atoms with E-state index in [-0.39, 0.29) is 5.56 Å². The second-order valence-electron chi connectivity index (χ2n) is 5.92. The summed E-state index contributed by atoms with van der Waals surface area (Å²) >= 11 is 1.61. The van der Waals surface area contributed by atoms with E-state index in [9.17, 15) is 4.79 Å². The first-order chi connectivity index (χ1) is 11.7. The van der Waals surface area contributed by atoms with Crippen LogP contribution in [0.25, 0.3) is 10.2 Å². The average molecular weight is 343 g/mol. The number of anilines is 1. The number of ether oxygens (including phenoxy) is 1. The van der Waals surface area contributed by atoms with Crippen LogP contribution < -0.4 is 10.9 Å². The van der Waals surface area contributed by atoms with Crippen molar-refractivity contribution < 1.29 is 4.74 Å². The number of nitrogens with zero attached hydrogens (tertiary/aromatic N) is 3.